The Labute approximate surface area is 290 Å². The maximum atomic E-state index is 14.6. The normalized spacial score (nSPS) is 23.7. The van der Waals surface area contributed by atoms with Crippen LogP contribution in [0.25, 0.3) is 33.5 Å². The second kappa shape index (κ2) is 11.5. The van der Waals surface area contributed by atoms with Gasteiger partial charge in [0.05, 0.1) is 17.3 Å². The topological polar surface area (TPSA) is 124 Å². The first-order valence-electron chi connectivity index (χ1n) is 17.3. The van der Waals surface area contributed by atoms with Crippen molar-refractivity contribution in [2.75, 3.05) is 6.61 Å². The Balaban J connectivity index is 0.978. The van der Waals surface area contributed by atoms with Gasteiger partial charge in [0.25, 0.3) is 11.5 Å². The van der Waals surface area contributed by atoms with Gasteiger partial charge in [0.1, 0.15) is 23.0 Å². The van der Waals surface area contributed by atoms with Crippen molar-refractivity contribution < 1.29 is 18.7 Å². The van der Waals surface area contributed by atoms with Gasteiger partial charge in [-0.1, -0.05) is 36.4 Å². The number of rotatable bonds is 7. The maximum Gasteiger partial charge on any atom is 0.337 e. The fraction of sp³-hybridized carbons (Fsp3) is 0.308. The number of aliphatic hydroxyl groups is 1. The SMILES string of the molecule is O=C(NC1CC12CCC1(CC2)C[C@@H]1n1c(=O)c2cc(F)cnc2n(-c2cccc(-c3ccc(CCO)cc3)c2)c1=O)c1cn2cc(F)ccc2n1. The van der Waals surface area contributed by atoms with Gasteiger partial charge in [-0.15, -0.1) is 0 Å². The van der Waals surface area contributed by atoms with Crippen LogP contribution in [0.3, 0.4) is 0 Å². The molecule has 3 fully saturated rings. The van der Waals surface area contributed by atoms with E-state index >= 15 is 0 Å². The molecule has 12 heteroatoms. The number of imidazole rings is 1. The predicted octanol–water partition coefficient (Wildman–Crippen LogP) is 5.37. The number of fused-ring (bicyclic) bond motifs is 2. The summed E-state index contributed by atoms with van der Waals surface area (Å²) in [6.07, 6.45) is 9.17. The molecule has 10 nitrogen and oxygen atoms in total. The average molecular weight is 689 g/mol. The lowest BCUT2D eigenvalue weighted by atomic mass is 9.76. The third-order valence-corrected chi connectivity index (χ3v) is 11.5. The van der Waals surface area contributed by atoms with Crippen LogP contribution in [0.4, 0.5) is 8.78 Å². The minimum atomic E-state index is -0.657. The lowest BCUT2D eigenvalue weighted by Crippen LogP contribution is -2.41. The second-order valence-electron chi connectivity index (χ2n) is 14.5. The molecule has 4 heterocycles. The monoisotopic (exact) mass is 688 g/mol. The van der Waals surface area contributed by atoms with Gasteiger partial charge in [0, 0.05) is 31.1 Å². The van der Waals surface area contributed by atoms with E-state index in [1.54, 1.807) is 6.07 Å². The lowest BCUT2D eigenvalue weighted by Gasteiger charge is -2.30. The number of aliphatic hydroxyl groups excluding tert-OH is 1. The van der Waals surface area contributed by atoms with Crippen molar-refractivity contribution in [3.63, 3.8) is 0 Å². The number of halogens is 2. The molecule has 0 saturated heterocycles. The number of hydrogen-bond acceptors (Lipinski definition) is 6. The molecule has 1 amide bonds. The van der Waals surface area contributed by atoms with E-state index < -0.39 is 22.9 Å². The summed E-state index contributed by atoms with van der Waals surface area (Å²) in [5.41, 5.74) is 2.79. The number of nitrogens with one attached hydrogen (secondary N) is 1. The maximum absolute atomic E-state index is 14.6. The molecule has 3 aliphatic carbocycles. The van der Waals surface area contributed by atoms with E-state index in [0.717, 1.165) is 61.1 Å². The van der Waals surface area contributed by atoms with Gasteiger partial charge < -0.3 is 14.8 Å². The standard InChI is InChI=1S/C39H34F2N6O4/c40-26-8-9-33-43-30(22-45(33)21-26)35(49)44-31-18-38(31)11-13-39(14-12-38)19-32(39)47-36(50)29-17-27(41)20-42-34(29)46(37(47)51)28-3-1-2-25(16-28)24-6-4-23(5-7-24)10-15-48/h1-9,16-17,20-22,31-32,48H,10-15,18-19H2,(H,44,49)/t31?,32-,38?,39?/m0/s1. The van der Waals surface area contributed by atoms with Crippen molar-refractivity contribution in [2.24, 2.45) is 10.8 Å². The number of benzene rings is 2. The second-order valence-corrected chi connectivity index (χ2v) is 14.5. The molecule has 258 valence electrons. The largest absolute Gasteiger partial charge is 0.396 e. The lowest BCUT2D eigenvalue weighted by molar-refractivity contribution is 0.0934. The zero-order chi connectivity index (χ0) is 35.1. The van der Waals surface area contributed by atoms with Crippen LogP contribution in [0, 0.1) is 22.5 Å². The summed E-state index contributed by atoms with van der Waals surface area (Å²) in [5, 5.41) is 12.4. The number of carbonyl (C=O) groups excluding carboxylic acids is 1. The van der Waals surface area contributed by atoms with Gasteiger partial charge in [-0.3, -0.25) is 14.2 Å². The summed E-state index contributed by atoms with van der Waals surface area (Å²) in [5.74, 6) is -1.36. The summed E-state index contributed by atoms with van der Waals surface area (Å²) in [4.78, 5) is 49.9. The molecule has 0 aliphatic heterocycles. The molecule has 4 aromatic heterocycles. The smallest absolute Gasteiger partial charge is 0.337 e. The molecule has 0 radical (unpaired) electrons. The minimum Gasteiger partial charge on any atom is -0.396 e. The van der Waals surface area contributed by atoms with Crippen LogP contribution in [-0.4, -0.2) is 47.2 Å². The fourth-order valence-electron chi connectivity index (χ4n) is 8.39. The van der Waals surface area contributed by atoms with Crippen molar-refractivity contribution in [2.45, 2.75) is 57.0 Å². The molecule has 1 unspecified atom stereocenters. The van der Waals surface area contributed by atoms with Crippen LogP contribution < -0.4 is 16.6 Å². The summed E-state index contributed by atoms with van der Waals surface area (Å²) in [7, 11) is 0. The summed E-state index contributed by atoms with van der Waals surface area (Å²) in [6.45, 7) is 0.0612. The van der Waals surface area contributed by atoms with Crippen LogP contribution in [-0.2, 0) is 6.42 Å². The molecule has 2 atom stereocenters. The molecule has 3 aliphatic rings. The molecule has 2 N–H and O–H groups in total. The number of nitrogens with zero attached hydrogens (tertiary/aromatic N) is 5. The van der Waals surface area contributed by atoms with Crippen LogP contribution in [0.15, 0.2) is 94.9 Å². The molecule has 2 aromatic carbocycles. The van der Waals surface area contributed by atoms with Crippen molar-refractivity contribution in [1.82, 2.24) is 28.8 Å². The summed E-state index contributed by atoms with van der Waals surface area (Å²) >= 11 is 0. The molecule has 0 bridgehead atoms. The minimum absolute atomic E-state index is 0.00563. The van der Waals surface area contributed by atoms with Crippen LogP contribution in [0.5, 0.6) is 0 Å². The number of carbonyl (C=O) groups is 1. The summed E-state index contributed by atoms with van der Waals surface area (Å²) < 4.78 is 32.4. The van der Waals surface area contributed by atoms with Gasteiger partial charge in [-0.2, -0.15) is 0 Å². The predicted molar refractivity (Wildman–Crippen MR) is 186 cm³/mol. The Hall–Kier alpha value is -5.49. The van der Waals surface area contributed by atoms with E-state index in [2.05, 4.69) is 15.3 Å². The van der Waals surface area contributed by atoms with Crippen LogP contribution in [0.2, 0.25) is 0 Å². The number of amides is 1. The quantitative estimate of drug-likeness (QED) is 0.233. The van der Waals surface area contributed by atoms with E-state index in [-0.39, 0.29) is 52.2 Å². The highest BCUT2D eigenvalue weighted by atomic mass is 19.1. The Morgan fingerprint density at radius 1 is 0.902 bits per heavy atom. The Kier molecular flexibility index (Phi) is 7.12. The molecular formula is C39H34F2N6O4. The van der Waals surface area contributed by atoms with Gasteiger partial charge in [-0.05, 0) is 103 Å². The van der Waals surface area contributed by atoms with Crippen LogP contribution in [0.1, 0.15) is 60.6 Å². The first-order chi connectivity index (χ1) is 24.7. The van der Waals surface area contributed by atoms with Gasteiger partial charge >= 0.3 is 5.69 Å². The van der Waals surface area contributed by atoms with Crippen molar-refractivity contribution in [3.8, 4) is 16.8 Å². The van der Waals surface area contributed by atoms with E-state index in [0.29, 0.717) is 24.2 Å². The third kappa shape index (κ3) is 5.27. The molecule has 2 spiro atoms. The van der Waals surface area contributed by atoms with Gasteiger partial charge in [0.2, 0.25) is 0 Å². The Morgan fingerprint density at radius 2 is 1.69 bits per heavy atom. The van der Waals surface area contributed by atoms with E-state index in [9.17, 15) is 28.3 Å². The van der Waals surface area contributed by atoms with E-state index in [1.807, 2.05) is 42.5 Å². The Bertz CT molecular complexity index is 2500. The zero-order valence-corrected chi connectivity index (χ0v) is 27.6. The Morgan fingerprint density at radius 3 is 2.47 bits per heavy atom. The molecule has 3 saturated carbocycles. The first-order valence-corrected chi connectivity index (χ1v) is 17.3. The highest BCUT2D eigenvalue weighted by Gasteiger charge is 2.64. The molecule has 51 heavy (non-hydrogen) atoms. The summed E-state index contributed by atoms with van der Waals surface area (Å²) in [6, 6.07) is 18.9. The van der Waals surface area contributed by atoms with Crippen LogP contribution >= 0.6 is 0 Å². The van der Waals surface area contributed by atoms with Gasteiger partial charge in [0.15, 0.2) is 5.65 Å². The van der Waals surface area contributed by atoms with Crippen molar-refractivity contribution in [3.05, 3.63) is 129 Å². The third-order valence-electron chi connectivity index (χ3n) is 11.5. The van der Waals surface area contributed by atoms with Gasteiger partial charge in [-0.25, -0.2) is 28.1 Å². The zero-order valence-electron chi connectivity index (χ0n) is 27.6. The highest BCUT2D eigenvalue weighted by Crippen LogP contribution is 2.70. The van der Waals surface area contributed by atoms with E-state index in [4.69, 9.17) is 0 Å². The molecule has 6 aromatic rings. The molecular weight excluding hydrogens is 654 g/mol. The fourth-order valence-corrected chi connectivity index (χ4v) is 8.39. The molecule has 9 rings (SSSR count). The number of aromatic nitrogens is 5. The highest BCUT2D eigenvalue weighted by molar-refractivity contribution is 5.93. The van der Waals surface area contributed by atoms with Crippen molar-refractivity contribution in [1.29, 1.82) is 0 Å². The first kappa shape index (κ1) is 31.5. The van der Waals surface area contributed by atoms with Crippen molar-refractivity contribution >= 4 is 22.6 Å². The van der Waals surface area contributed by atoms with E-state index in [1.165, 1.54) is 38.1 Å². The number of pyridine rings is 2. The average Bonchev–Trinajstić information content (AvgIpc) is 3.95. The number of hydrogen-bond donors (Lipinski definition) is 2.